The Hall–Kier alpha value is -3.20. The van der Waals surface area contributed by atoms with Crippen molar-refractivity contribution in [2.24, 2.45) is 0 Å². The van der Waals surface area contributed by atoms with Crippen LogP contribution in [0.25, 0.3) is 21.5 Å². The third-order valence-corrected chi connectivity index (χ3v) is 14.9. The van der Waals surface area contributed by atoms with E-state index >= 15 is 0 Å². The molecule has 0 saturated carbocycles. The van der Waals surface area contributed by atoms with Crippen molar-refractivity contribution in [2.75, 3.05) is 0 Å². The van der Waals surface area contributed by atoms with Crippen molar-refractivity contribution in [1.29, 1.82) is 0 Å². The zero-order valence-electron chi connectivity index (χ0n) is 37.3. The number of rotatable bonds is 14. The van der Waals surface area contributed by atoms with Crippen LogP contribution in [0, 0.1) is 0 Å². The number of unbranched alkanes of at least 4 members (excludes halogenated alkanes) is 2. The molecule has 4 aromatic carbocycles. The Morgan fingerprint density at radius 3 is 1.14 bits per heavy atom. The van der Waals surface area contributed by atoms with Crippen LogP contribution >= 0.6 is 0 Å². The van der Waals surface area contributed by atoms with Gasteiger partial charge in [0.2, 0.25) is 11.4 Å². The van der Waals surface area contributed by atoms with Gasteiger partial charge in [-0.2, -0.15) is 9.15 Å². The van der Waals surface area contributed by atoms with E-state index in [1.54, 1.807) is 24.5 Å². The van der Waals surface area contributed by atoms with Crippen molar-refractivity contribution < 1.29 is 140 Å². The Labute approximate surface area is 427 Å². The van der Waals surface area contributed by atoms with Gasteiger partial charge in [0, 0.05) is 60.7 Å². The van der Waals surface area contributed by atoms with E-state index in [4.69, 9.17) is 10.2 Å². The molecule has 2 aliphatic heterocycles. The molecule has 66 heavy (non-hydrogen) atoms. The van der Waals surface area contributed by atoms with Crippen LogP contribution in [0.1, 0.15) is 91.2 Å². The quantitative estimate of drug-likeness (QED) is 0.0705. The first-order chi connectivity index (χ1) is 29.3. The van der Waals surface area contributed by atoms with E-state index in [9.17, 15) is 61.5 Å². The molecule has 0 atom stereocenters. The molecule has 0 aromatic heterocycles. The van der Waals surface area contributed by atoms with Gasteiger partial charge >= 0.3 is 71.1 Å². The van der Waals surface area contributed by atoms with Crippen LogP contribution < -0.4 is 59.1 Å². The molecule has 6 rings (SSSR count). The van der Waals surface area contributed by atoms with E-state index in [0.717, 1.165) is 23.6 Å². The summed E-state index contributed by atoms with van der Waals surface area (Å²) in [6.07, 6.45) is 9.22. The molecule has 0 fully saturated rings. The standard InChI is InChI=1S/2C21H23NO8S2.2Na/c2*1-13-21(2,3)20-16-11-14(31(25,26)27)12-18(32(28,29)30)15(16)8-9-17(20)22(13)10-6-4-5-7-19(23)24;;/h2*6,8-12H,4-5,7H2,1-3H3,(H2-,23,24,25,26,27,28,29,30);;/q;;2*+1/p-2/b2*10-6+;;. The second-order valence-electron chi connectivity index (χ2n) is 16.3. The predicted octanol–water partition coefficient (Wildman–Crippen LogP) is -0.367. The second-order valence-corrected chi connectivity index (χ2v) is 21.7. The van der Waals surface area contributed by atoms with Gasteiger partial charge < -0.3 is 28.4 Å². The van der Waals surface area contributed by atoms with Gasteiger partial charge in [0.1, 0.15) is 40.5 Å². The summed E-state index contributed by atoms with van der Waals surface area (Å²) >= 11 is 0. The Kier molecular flexibility index (Phi) is 18.0. The average molecular weight is 1010 g/mol. The van der Waals surface area contributed by atoms with E-state index < -0.39 is 82.8 Å². The molecular weight excluding hydrogens is 963 g/mol. The topological polar surface area (TPSA) is 309 Å². The third-order valence-electron chi connectivity index (χ3n) is 11.5. The van der Waals surface area contributed by atoms with Gasteiger partial charge in [-0.05, 0) is 113 Å². The van der Waals surface area contributed by atoms with Crippen LogP contribution in [0.15, 0.2) is 92.7 Å². The fourth-order valence-electron chi connectivity index (χ4n) is 7.96. The molecule has 0 unspecified atom stereocenters. The Morgan fingerprint density at radius 1 is 0.545 bits per heavy atom. The Bertz CT molecular complexity index is 3030. The van der Waals surface area contributed by atoms with E-state index in [-0.39, 0.29) is 93.5 Å². The van der Waals surface area contributed by atoms with E-state index in [0.29, 0.717) is 60.3 Å². The van der Waals surface area contributed by atoms with Crippen molar-refractivity contribution in [2.45, 2.75) is 110 Å². The fraction of sp³-hybridized carbons (Fsp3) is 0.333. The van der Waals surface area contributed by atoms with E-state index in [2.05, 4.69) is 0 Å². The van der Waals surface area contributed by atoms with Crippen LogP contribution in [0.3, 0.4) is 0 Å². The molecule has 18 nitrogen and oxygen atoms in total. The van der Waals surface area contributed by atoms with E-state index in [1.807, 2.05) is 62.8 Å². The summed E-state index contributed by atoms with van der Waals surface area (Å²) in [4.78, 5) is 18.2. The number of benzene rings is 4. The number of nitrogens with zero attached hydrogens (tertiary/aromatic N) is 2. The smallest absolute Gasteiger partial charge is 0.744 e. The van der Waals surface area contributed by atoms with Gasteiger partial charge in [-0.3, -0.25) is 9.59 Å². The number of aliphatic carboxylic acids is 2. The molecule has 0 spiro atoms. The number of fused-ring (bicyclic) bond motifs is 6. The zero-order valence-corrected chi connectivity index (χ0v) is 44.6. The van der Waals surface area contributed by atoms with Crippen molar-refractivity contribution >= 4 is 96.8 Å². The molecule has 344 valence electrons. The fourth-order valence-corrected chi connectivity index (χ4v) is 10.6. The van der Waals surface area contributed by atoms with Crippen molar-refractivity contribution in [3.63, 3.8) is 0 Å². The van der Waals surface area contributed by atoms with Gasteiger partial charge in [-0.1, -0.05) is 0 Å². The molecule has 0 bridgehead atoms. The van der Waals surface area contributed by atoms with Crippen LogP contribution in [-0.2, 0) is 60.9 Å². The minimum absolute atomic E-state index is 0. The maximum Gasteiger partial charge on any atom is 1.00 e. The number of carboxylic acid groups (broad SMARTS) is 2. The summed E-state index contributed by atoms with van der Waals surface area (Å²) in [5.41, 5.74) is 2.77. The molecule has 24 heteroatoms. The molecule has 2 N–H and O–H groups in total. The second kappa shape index (κ2) is 20.8. The molecule has 0 aliphatic carbocycles. The molecule has 2 heterocycles. The van der Waals surface area contributed by atoms with Gasteiger partial charge in [-0.15, -0.1) is 0 Å². The maximum atomic E-state index is 11.8. The molecule has 0 saturated heterocycles. The first-order valence-corrected chi connectivity index (χ1v) is 25.0. The number of carboxylic acids is 2. The summed E-state index contributed by atoms with van der Waals surface area (Å²) in [5.74, 6) is -1.76. The number of carbonyl (C=O) groups is 2. The minimum Gasteiger partial charge on any atom is -0.744 e. The molecular formula is C42H44N2Na2O16S4. The first-order valence-electron chi connectivity index (χ1n) is 19.4. The Balaban J connectivity index is 0.000000340. The van der Waals surface area contributed by atoms with Gasteiger partial charge in [-0.25, -0.2) is 33.7 Å². The molecule has 2 aliphatic rings. The van der Waals surface area contributed by atoms with Gasteiger partial charge in [0.05, 0.1) is 30.4 Å². The monoisotopic (exact) mass is 1010 g/mol. The van der Waals surface area contributed by atoms with Crippen molar-refractivity contribution in [3.05, 3.63) is 84.2 Å². The Morgan fingerprint density at radius 2 is 0.864 bits per heavy atom. The first kappa shape index (κ1) is 57.1. The molecule has 0 amide bonds. The summed E-state index contributed by atoms with van der Waals surface area (Å²) in [6, 6.07) is 9.55. The SMILES string of the molecule is CC1=[N+](/C=C/CCCC(=O)O)c2ccc3c(S(=O)(=O)[O-])cc(S(=O)(=O)[O-])cc3c2C1(C)C.CC1=[N+](/C=C/CCCC(=O)O)c2ccc3c(S(=O)(=O)[O-])cc(S(=O)(=O)[O-])cc3c2C1(C)C.[Na+].[Na+]. The largest absolute Gasteiger partial charge is 1.00 e. The van der Waals surface area contributed by atoms with E-state index in [1.165, 1.54) is 12.1 Å². The predicted molar refractivity (Wildman–Crippen MR) is 228 cm³/mol. The maximum absolute atomic E-state index is 11.8. The zero-order chi connectivity index (χ0) is 48.1. The summed E-state index contributed by atoms with van der Waals surface area (Å²) in [5, 5.41) is 18.0. The van der Waals surface area contributed by atoms with Crippen molar-refractivity contribution in [1.82, 2.24) is 0 Å². The average Bonchev–Trinajstić information content (AvgIpc) is 3.48. The normalized spacial score (nSPS) is 15.7. The third kappa shape index (κ3) is 12.0. The molecule has 4 aromatic rings. The minimum atomic E-state index is -5.06. The van der Waals surface area contributed by atoms with Gasteiger partial charge in [0.15, 0.2) is 23.8 Å². The summed E-state index contributed by atoms with van der Waals surface area (Å²) < 4.78 is 145. The molecule has 0 radical (unpaired) electrons. The number of hydrogen-bond donors (Lipinski definition) is 2. The van der Waals surface area contributed by atoms with Crippen LogP contribution in [-0.4, -0.2) is 94.6 Å². The van der Waals surface area contributed by atoms with Gasteiger partial charge in [0.25, 0.3) is 0 Å². The van der Waals surface area contributed by atoms with Crippen LogP contribution in [0.5, 0.6) is 0 Å². The number of allylic oxidation sites excluding steroid dienone is 2. The van der Waals surface area contributed by atoms with Crippen molar-refractivity contribution in [3.8, 4) is 0 Å². The summed E-state index contributed by atoms with van der Waals surface area (Å²) in [6.45, 7) is 11.2. The van der Waals surface area contributed by atoms with Crippen LogP contribution in [0.2, 0.25) is 0 Å². The summed E-state index contributed by atoms with van der Waals surface area (Å²) in [7, 11) is -20.2. The number of hydrogen-bond acceptors (Lipinski definition) is 14. The van der Waals surface area contributed by atoms with Crippen LogP contribution in [0.4, 0.5) is 11.4 Å².